The summed E-state index contributed by atoms with van der Waals surface area (Å²) in [7, 11) is 0. The fraction of sp³-hybridized carbons (Fsp3) is 0.808. The molecule has 0 aliphatic rings. The van der Waals surface area contributed by atoms with Crippen LogP contribution >= 0.6 is 15.9 Å². The molecule has 0 fully saturated rings. The third kappa shape index (κ3) is 19.2. The standard InChI is InChI=1S/C26H47BrO2/c1-4-6-8-10-12-14-15-17-19-21-23-26(3,27)25(28)29-24-22-20-18-16-13-11-9-7-5-2/h4-5H,1-2,6-24H2,3H3. The molecule has 0 saturated carbocycles. The van der Waals surface area contributed by atoms with Gasteiger partial charge in [-0.2, -0.15) is 0 Å². The van der Waals surface area contributed by atoms with E-state index in [1.54, 1.807) is 0 Å². The lowest BCUT2D eigenvalue weighted by molar-refractivity contribution is -0.146. The van der Waals surface area contributed by atoms with Gasteiger partial charge in [0.2, 0.25) is 0 Å². The predicted octanol–water partition coefficient (Wildman–Crippen LogP) is 9.08. The molecule has 0 saturated heterocycles. The zero-order chi connectivity index (χ0) is 21.6. The van der Waals surface area contributed by atoms with Crippen LogP contribution in [0, 0.1) is 0 Å². The van der Waals surface area contributed by atoms with E-state index in [1.165, 1.54) is 77.0 Å². The smallest absolute Gasteiger partial charge is 0.322 e. The summed E-state index contributed by atoms with van der Waals surface area (Å²) in [6.45, 7) is 10.0. The lowest BCUT2D eigenvalue weighted by Gasteiger charge is -2.20. The maximum Gasteiger partial charge on any atom is 0.322 e. The normalized spacial score (nSPS) is 13.0. The number of hydrogen-bond acceptors (Lipinski definition) is 2. The highest BCUT2D eigenvalue weighted by Crippen LogP contribution is 2.27. The molecule has 0 rings (SSSR count). The molecule has 1 atom stereocenters. The Bertz CT molecular complexity index is 404. The highest BCUT2D eigenvalue weighted by molar-refractivity contribution is 9.10. The number of rotatable bonds is 22. The first kappa shape index (κ1) is 28.4. The number of hydrogen-bond donors (Lipinski definition) is 0. The van der Waals surface area contributed by atoms with Crippen LogP contribution in [0.3, 0.4) is 0 Å². The fourth-order valence-electron chi connectivity index (χ4n) is 3.50. The Kier molecular flexibility index (Phi) is 20.3. The third-order valence-electron chi connectivity index (χ3n) is 5.52. The Morgan fingerprint density at radius 2 is 1.10 bits per heavy atom. The molecule has 0 aromatic rings. The molecule has 0 spiro atoms. The van der Waals surface area contributed by atoms with Gasteiger partial charge in [0.15, 0.2) is 0 Å². The Morgan fingerprint density at radius 3 is 1.55 bits per heavy atom. The Morgan fingerprint density at radius 1 is 0.724 bits per heavy atom. The first-order valence-electron chi connectivity index (χ1n) is 12.1. The van der Waals surface area contributed by atoms with Gasteiger partial charge in [-0.3, -0.25) is 4.79 Å². The van der Waals surface area contributed by atoms with E-state index >= 15 is 0 Å². The molecule has 170 valence electrons. The van der Waals surface area contributed by atoms with Crippen molar-refractivity contribution in [2.45, 2.75) is 127 Å². The van der Waals surface area contributed by atoms with Gasteiger partial charge in [-0.1, -0.05) is 105 Å². The number of carbonyl (C=O) groups excluding carboxylic acids is 1. The van der Waals surface area contributed by atoms with E-state index in [1.807, 2.05) is 19.1 Å². The van der Waals surface area contributed by atoms with Crippen LogP contribution in [0.5, 0.6) is 0 Å². The summed E-state index contributed by atoms with van der Waals surface area (Å²) in [5.41, 5.74) is 0. The Labute approximate surface area is 190 Å². The summed E-state index contributed by atoms with van der Waals surface area (Å²) in [6.07, 6.45) is 25.8. The molecule has 1 unspecified atom stereocenters. The van der Waals surface area contributed by atoms with E-state index < -0.39 is 4.32 Å². The molecular formula is C26H47BrO2. The van der Waals surface area contributed by atoms with Crippen molar-refractivity contribution in [3.8, 4) is 0 Å². The van der Waals surface area contributed by atoms with Crippen LogP contribution in [-0.2, 0) is 9.53 Å². The molecular weight excluding hydrogens is 424 g/mol. The second-order valence-corrected chi connectivity index (χ2v) is 10.3. The van der Waals surface area contributed by atoms with E-state index in [2.05, 4.69) is 29.1 Å². The van der Waals surface area contributed by atoms with Gasteiger partial charge in [0, 0.05) is 0 Å². The van der Waals surface area contributed by atoms with E-state index in [4.69, 9.17) is 4.74 Å². The zero-order valence-corrected chi connectivity index (χ0v) is 20.8. The van der Waals surface area contributed by atoms with Gasteiger partial charge in [-0.25, -0.2) is 0 Å². The van der Waals surface area contributed by atoms with Gasteiger partial charge in [-0.05, 0) is 45.4 Å². The maximum atomic E-state index is 12.3. The zero-order valence-electron chi connectivity index (χ0n) is 19.2. The molecule has 0 N–H and O–H groups in total. The van der Waals surface area contributed by atoms with Crippen molar-refractivity contribution in [1.82, 2.24) is 0 Å². The molecule has 0 aromatic heterocycles. The van der Waals surface area contributed by atoms with Crippen molar-refractivity contribution in [2.75, 3.05) is 6.61 Å². The lowest BCUT2D eigenvalue weighted by atomic mass is 10.0. The van der Waals surface area contributed by atoms with E-state index in [9.17, 15) is 4.79 Å². The summed E-state index contributed by atoms with van der Waals surface area (Å²) in [5, 5.41) is 0. The molecule has 2 nitrogen and oxygen atoms in total. The third-order valence-corrected chi connectivity index (χ3v) is 6.24. The molecule has 0 aliphatic carbocycles. The number of alkyl halides is 1. The molecule has 0 aromatic carbocycles. The summed E-state index contributed by atoms with van der Waals surface area (Å²) < 4.78 is 4.98. The Balaban J connectivity index is 3.52. The topological polar surface area (TPSA) is 26.3 Å². The van der Waals surface area contributed by atoms with Crippen molar-refractivity contribution < 1.29 is 9.53 Å². The number of ether oxygens (including phenoxy) is 1. The van der Waals surface area contributed by atoms with Gasteiger partial charge in [0.25, 0.3) is 0 Å². The number of esters is 1. The Hall–Kier alpha value is -0.570. The van der Waals surface area contributed by atoms with Crippen LogP contribution in [0.4, 0.5) is 0 Å². The number of carbonyl (C=O) groups is 1. The monoisotopic (exact) mass is 470 g/mol. The SMILES string of the molecule is C=CCCCCCCCCCCC(C)(Br)C(=O)OCCCCCCCCCC=C. The van der Waals surface area contributed by atoms with Crippen molar-refractivity contribution in [3.63, 3.8) is 0 Å². The average Bonchev–Trinajstić information content (AvgIpc) is 2.70. The second-order valence-electron chi connectivity index (χ2n) is 8.54. The van der Waals surface area contributed by atoms with Gasteiger partial charge >= 0.3 is 5.97 Å². The van der Waals surface area contributed by atoms with Crippen LogP contribution in [-0.4, -0.2) is 16.9 Å². The fourth-order valence-corrected chi connectivity index (χ4v) is 3.89. The van der Waals surface area contributed by atoms with Crippen LogP contribution in [0.25, 0.3) is 0 Å². The maximum absolute atomic E-state index is 12.3. The summed E-state index contributed by atoms with van der Waals surface area (Å²) in [6, 6.07) is 0. The summed E-state index contributed by atoms with van der Waals surface area (Å²) in [5.74, 6) is -0.0934. The van der Waals surface area contributed by atoms with Crippen LogP contribution < -0.4 is 0 Å². The van der Waals surface area contributed by atoms with Gasteiger partial charge in [-0.15, -0.1) is 13.2 Å². The summed E-state index contributed by atoms with van der Waals surface area (Å²) >= 11 is 3.60. The highest BCUT2D eigenvalue weighted by atomic mass is 79.9. The molecule has 0 bridgehead atoms. The minimum absolute atomic E-state index is 0.0934. The number of halogens is 1. The van der Waals surface area contributed by atoms with Crippen molar-refractivity contribution >= 4 is 21.9 Å². The molecule has 0 amide bonds. The van der Waals surface area contributed by atoms with Crippen molar-refractivity contribution in [1.29, 1.82) is 0 Å². The van der Waals surface area contributed by atoms with Crippen molar-refractivity contribution in [3.05, 3.63) is 25.3 Å². The number of unbranched alkanes of at least 4 members (excludes halogenated alkanes) is 15. The molecule has 0 heterocycles. The van der Waals surface area contributed by atoms with E-state index in [0.717, 1.165) is 38.5 Å². The lowest BCUT2D eigenvalue weighted by Crippen LogP contribution is -2.30. The molecule has 3 heteroatoms. The largest absolute Gasteiger partial charge is 0.465 e. The minimum Gasteiger partial charge on any atom is -0.465 e. The molecule has 29 heavy (non-hydrogen) atoms. The van der Waals surface area contributed by atoms with E-state index in [-0.39, 0.29) is 5.97 Å². The molecule has 0 radical (unpaired) electrons. The van der Waals surface area contributed by atoms with Gasteiger partial charge < -0.3 is 4.74 Å². The van der Waals surface area contributed by atoms with Crippen LogP contribution in [0.2, 0.25) is 0 Å². The average molecular weight is 472 g/mol. The predicted molar refractivity (Wildman–Crippen MR) is 132 cm³/mol. The quantitative estimate of drug-likeness (QED) is 0.0681. The van der Waals surface area contributed by atoms with Crippen LogP contribution in [0.1, 0.15) is 122 Å². The minimum atomic E-state index is -0.525. The molecule has 0 aliphatic heterocycles. The van der Waals surface area contributed by atoms with Crippen molar-refractivity contribution in [2.24, 2.45) is 0 Å². The summed E-state index contributed by atoms with van der Waals surface area (Å²) in [4.78, 5) is 12.3. The van der Waals surface area contributed by atoms with Crippen LogP contribution in [0.15, 0.2) is 25.3 Å². The van der Waals surface area contributed by atoms with Gasteiger partial charge in [0.05, 0.1) is 6.61 Å². The second kappa shape index (κ2) is 20.7. The highest BCUT2D eigenvalue weighted by Gasteiger charge is 2.30. The first-order valence-corrected chi connectivity index (χ1v) is 12.9. The first-order chi connectivity index (χ1) is 14.0. The van der Waals surface area contributed by atoms with Gasteiger partial charge in [0.1, 0.15) is 4.32 Å². The van der Waals surface area contributed by atoms with E-state index in [0.29, 0.717) is 6.61 Å². The number of allylic oxidation sites excluding steroid dienone is 2.